The standard InChI is InChI=1S/C15H31NS/c1-5-15(2,3)13-7-9-14(10-8-13)16-11-6-12-17-4/h13-14,16H,5-12H2,1-4H3. The van der Waals surface area contributed by atoms with E-state index in [9.17, 15) is 0 Å². The van der Waals surface area contributed by atoms with E-state index in [2.05, 4.69) is 32.3 Å². The van der Waals surface area contributed by atoms with Gasteiger partial charge in [-0.25, -0.2) is 0 Å². The van der Waals surface area contributed by atoms with E-state index >= 15 is 0 Å². The Bertz CT molecular complexity index is 195. The molecule has 0 aliphatic heterocycles. The molecule has 102 valence electrons. The van der Waals surface area contributed by atoms with Gasteiger partial charge in [0.05, 0.1) is 0 Å². The van der Waals surface area contributed by atoms with Crippen molar-refractivity contribution in [1.82, 2.24) is 5.32 Å². The fourth-order valence-corrected chi connectivity index (χ4v) is 3.32. The van der Waals surface area contributed by atoms with Crippen LogP contribution in [0.4, 0.5) is 0 Å². The van der Waals surface area contributed by atoms with Gasteiger partial charge in [0.2, 0.25) is 0 Å². The summed E-state index contributed by atoms with van der Waals surface area (Å²) in [6, 6.07) is 0.806. The molecule has 0 aromatic carbocycles. The van der Waals surface area contributed by atoms with Crippen molar-refractivity contribution in [3.63, 3.8) is 0 Å². The van der Waals surface area contributed by atoms with Crippen LogP contribution in [-0.4, -0.2) is 24.6 Å². The van der Waals surface area contributed by atoms with Crippen LogP contribution in [0.25, 0.3) is 0 Å². The summed E-state index contributed by atoms with van der Waals surface area (Å²) in [6.45, 7) is 8.45. The van der Waals surface area contributed by atoms with Crippen molar-refractivity contribution in [2.75, 3.05) is 18.6 Å². The van der Waals surface area contributed by atoms with Crippen LogP contribution in [0.1, 0.15) is 59.3 Å². The lowest BCUT2D eigenvalue weighted by atomic mass is 9.69. The molecular formula is C15H31NS. The summed E-state index contributed by atoms with van der Waals surface area (Å²) in [4.78, 5) is 0. The summed E-state index contributed by atoms with van der Waals surface area (Å²) in [6.07, 6.45) is 10.5. The Morgan fingerprint density at radius 1 is 1.18 bits per heavy atom. The van der Waals surface area contributed by atoms with E-state index in [1.165, 1.54) is 50.8 Å². The van der Waals surface area contributed by atoms with Gasteiger partial charge in [0.25, 0.3) is 0 Å². The highest BCUT2D eigenvalue weighted by molar-refractivity contribution is 7.98. The molecule has 1 nitrogen and oxygen atoms in total. The first-order valence-electron chi connectivity index (χ1n) is 7.32. The molecule has 2 heteroatoms. The Morgan fingerprint density at radius 3 is 2.35 bits per heavy atom. The Balaban J connectivity index is 2.17. The van der Waals surface area contributed by atoms with E-state index in [-0.39, 0.29) is 0 Å². The summed E-state index contributed by atoms with van der Waals surface area (Å²) < 4.78 is 0. The van der Waals surface area contributed by atoms with Crippen molar-refractivity contribution < 1.29 is 0 Å². The normalized spacial score (nSPS) is 26.1. The maximum Gasteiger partial charge on any atom is 0.00672 e. The molecule has 0 radical (unpaired) electrons. The maximum atomic E-state index is 3.73. The van der Waals surface area contributed by atoms with E-state index in [1.54, 1.807) is 0 Å². The molecule has 0 atom stereocenters. The van der Waals surface area contributed by atoms with Gasteiger partial charge in [-0.1, -0.05) is 27.2 Å². The van der Waals surface area contributed by atoms with E-state index in [4.69, 9.17) is 0 Å². The van der Waals surface area contributed by atoms with Crippen molar-refractivity contribution >= 4 is 11.8 Å². The second-order valence-corrected chi connectivity index (χ2v) is 7.18. The topological polar surface area (TPSA) is 12.0 Å². The Hall–Kier alpha value is 0.310. The van der Waals surface area contributed by atoms with Crippen LogP contribution < -0.4 is 5.32 Å². The van der Waals surface area contributed by atoms with E-state index in [0.717, 1.165) is 12.0 Å². The molecule has 0 aromatic heterocycles. The van der Waals surface area contributed by atoms with Crippen molar-refractivity contribution in [3.05, 3.63) is 0 Å². The van der Waals surface area contributed by atoms with Crippen LogP contribution in [-0.2, 0) is 0 Å². The van der Waals surface area contributed by atoms with Crippen molar-refractivity contribution in [3.8, 4) is 0 Å². The lowest BCUT2D eigenvalue weighted by Gasteiger charge is -2.39. The zero-order valence-corrected chi connectivity index (χ0v) is 13.0. The van der Waals surface area contributed by atoms with Gasteiger partial charge in [0, 0.05) is 6.04 Å². The van der Waals surface area contributed by atoms with Gasteiger partial charge in [-0.3, -0.25) is 0 Å². The second-order valence-electron chi connectivity index (χ2n) is 6.19. The molecule has 1 N–H and O–H groups in total. The summed E-state index contributed by atoms with van der Waals surface area (Å²) >= 11 is 1.95. The first-order chi connectivity index (χ1) is 8.10. The molecule has 0 heterocycles. The zero-order chi connectivity index (χ0) is 12.7. The van der Waals surface area contributed by atoms with Gasteiger partial charge in [-0.2, -0.15) is 11.8 Å². The predicted molar refractivity (Wildman–Crippen MR) is 80.8 cm³/mol. The van der Waals surface area contributed by atoms with Gasteiger partial charge < -0.3 is 5.32 Å². The number of thioether (sulfide) groups is 1. The fraction of sp³-hybridized carbons (Fsp3) is 1.00. The molecule has 1 fully saturated rings. The first-order valence-corrected chi connectivity index (χ1v) is 8.72. The maximum absolute atomic E-state index is 3.73. The van der Waals surface area contributed by atoms with Crippen LogP contribution in [0.15, 0.2) is 0 Å². The number of hydrogen-bond acceptors (Lipinski definition) is 2. The Morgan fingerprint density at radius 2 is 1.82 bits per heavy atom. The SMILES string of the molecule is CCC(C)(C)C1CCC(NCCCSC)CC1. The van der Waals surface area contributed by atoms with Crippen LogP contribution in [0.3, 0.4) is 0 Å². The Kier molecular flexibility index (Phi) is 6.94. The molecular weight excluding hydrogens is 226 g/mol. The molecule has 1 saturated carbocycles. The molecule has 0 aromatic rings. The van der Waals surface area contributed by atoms with E-state index < -0.39 is 0 Å². The van der Waals surface area contributed by atoms with Crippen molar-refractivity contribution in [2.24, 2.45) is 11.3 Å². The summed E-state index contributed by atoms with van der Waals surface area (Å²) in [7, 11) is 0. The van der Waals surface area contributed by atoms with Crippen LogP contribution >= 0.6 is 11.8 Å². The molecule has 0 spiro atoms. The zero-order valence-electron chi connectivity index (χ0n) is 12.2. The average molecular weight is 257 g/mol. The minimum Gasteiger partial charge on any atom is -0.314 e. The molecule has 1 aliphatic rings. The molecule has 0 amide bonds. The smallest absolute Gasteiger partial charge is 0.00672 e. The van der Waals surface area contributed by atoms with Crippen LogP contribution in [0.2, 0.25) is 0 Å². The van der Waals surface area contributed by atoms with Gasteiger partial charge in [0.15, 0.2) is 0 Å². The third kappa shape index (κ3) is 5.21. The molecule has 1 rings (SSSR count). The quantitative estimate of drug-likeness (QED) is 0.682. The third-order valence-corrected chi connectivity index (χ3v) is 5.40. The summed E-state index contributed by atoms with van der Waals surface area (Å²) in [5.74, 6) is 2.25. The lowest BCUT2D eigenvalue weighted by Crippen LogP contribution is -2.37. The predicted octanol–water partition coefficient (Wildman–Crippen LogP) is 4.32. The lowest BCUT2D eigenvalue weighted by molar-refractivity contribution is 0.137. The fourth-order valence-electron chi connectivity index (χ4n) is 2.89. The summed E-state index contributed by atoms with van der Waals surface area (Å²) in [5.41, 5.74) is 0.559. The van der Waals surface area contributed by atoms with Gasteiger partial charge >= 0.3 is 0 Å². The monoisotopic (exact) mass is 257 g/mol. The van der Waals surface area contributed by atoms with Crippen LogP contribution in [0, 0.1) is 11.3 Å². The third-order valence-electron chi connectivity index (χ3n) is 4.70. The second kappa shape index (κ2) is 7.68. The molecule has 0 unspecified atom stereocenters. The average Bonchev–Trinajstić information content (AvgIpc) is 2.35. The molecule has 1 aliphatic carbocycles. The van der Waals surface area contributed by atoms with Crippen LogP contribution in [0.5, 0.6) is 0 Å². The first kappa shape index (κ1) is 15.4. The summed E-state index contributed by atoms with van der Waals surface area (Å²) in [5, 5.41) is 3.73. The number of rotatable bonds is 7. The number of nitrogens with one attached hydrogen (secondary N) is 1. The number of hydrogen-bond donors (Lipinski definition) is 1. The highest BCUT2D eigenvalue weighted by Crippen LogP contribution is 2.40. The van der Waals surface area contributed by atoms with Gasteiger partial charge in [-0.15, -0.1) is 0 Å². The van der Waals surface area contributed by atoms with Crippen molar-refractivity contribution in [1.29, 1.82) is 0 Å². The van der Waals surface area contributed by atoms with Gasteiger partial charge in [-0.05, 0) is 62.0 Å². The minimum atomic E-state index is 0.559. The van der Waals surface area contributed by atoms with E-state index in [0.29, 0.717) is 5.41 Å². The Labute approximate surface area is 113 Å². The van der Waals surface area contributed by atoms with E-state index in [1.807, 2.05) is 11.8 Å². The minimum absolute atomic E-state index is 0.559. The molecule has 0 bridgehead atoms. The van der Waals surface area contributed by atoms with Crippen molar-refractivity contribution in [2.45, 2.75) is 65.3 Å². The van der Waals surface area contributed by atoms with Gasteiger partial charge in [0.1, 0.15) is 0 Å². The highest BCUT2D eigenvalue weighted by Gasteiger charge is 2.31. The molecule has 17 heavy (non-hydrogen) atoms. The highest BCUT2D eigenvalue weighted by atomic mass is 32.2. The molecule has 0 saturated heterocycles. The largest absolute Gasteiger partial charge is 0.314 e.